The van der Waals surface area contributed by atoms with Crippen LogP contribution in [0.15, 0.2) is 28.7 Å². The highest BCUT2D eigenvalue weighted by atomic mass is 127. The highest BCUT2D eigenvalue weighted by molar-refractivity contribution is 14.1. The van der Waals surface area contributed by atoms with Gasteiger partial charge in [-0.3, -0.25) is 0 Å². The second-order valence-electron chi connectivity index (χ2n) is 3.46. The van der Waals surface area contributed by atoms with Gasteiger partial charge in [0.25, 0.3) is 0 Å². The van der Waals surface area contributed by atoms with E-state index in [2.05, 4.69) is 74.4 Å². The summed E-state index contributed by atoms with van der Waals surface area (Å²) in [5, 5.41) is 14.7. The lowest BCUT2D eigenvalue weighted by Gasteiger charge is -2.09. The Morgan fingerprint density at radius 3 is 2.53 bits per heavy atom. The maximum Gasteiger partial charge on any atom is 0.230 e. The minimum absolute atomic E-state index is 0.488. The van der Waals surface area contributed by atoms with Gasteiger partial charge in [-0.2, -0.15) is 10.2 Å². The Kier molecular flexibility index (Phi) is 4.91. The van der Waals surface area contributed by atoms with Crippen LogP contribution in [-0.2, 0) is 0 Å². The van der Waals surface area contributed by atoms with E-state index in [1.807, 2.05) is 12.1 Å². The number of rotatable bonds is 3. The zero-order chi connectivity index (χ0) is 13.8. The number of halogens is 2. The fourth-order valence-electron chi connectivity index (χ4n) is 1.33. The summed E-state index contributed by atoms with van der Waals surface area (Å²) >= 11 is 5.53. The Balaban J connectivity index is 2.28. The van der Waals surface area contributed by atoms with Crippen LogP contribution in [0.5, 0.6) is 0 Å². The van der Waals surface area contributed by atoms with Crippen LogP contribution in [-0.4, -0.2) is 9.97 Å². The van der Waals surface area contributed by atoms with Crippen molar-refractivity contribution in [3.05, 3.63) is 38.0 Å². The molecule has 0 saturated heterocycles. The Bertz CT molecular complexity index is 641. The van der Waals surface area contributed by atoms with Gasteiger partial charge in [0, 0.05) is 5.69 Å². The molecule has 8 heteroatoms. The van der Waals surface area contributed by atoms with Crippen LogP contribution in [0.25, 0.3) is 0 Å². The van der Waals surface area contributed by atoms with E-state index >= 15 is 0 Å². The van der Waals surface area contributed by atoms with E-state index < -0.39 is 0 Å². The first-order valence-corrected chi connectivity index (χ1v) is 7.56. The molecule has 19 heavy (non-hydrogen) atoms. The van der Waals surface area contributed by atoms with Crippen molar-refractivity contribution in [2.45, 2.75) is 0 Å². The number of anilines is 3. The Morgan fingerprint density at radius 2 is 1.95 bits per heavy atom. The van der Waals surface area contributed by atoms with Gasteiger partial charge in [-0.15, -0.1) is 0 Å². The predicted octanol–water partition coefficient (Wildman–Crippen LogP) is 3.66. The summed E-state index contributed by atoms with van der Waals surface area (Å²) < 4.78 is 1.61. The molecular weight excluding hydrogens is 440 g/mol. The molecule has 0 spiro atoms. The van der Waals surface area contributed by atoms with Crippen molar-refractivity contribution in [2.75, 3.05) is 10.4 Å². The third-order valence-electron chi connectivity index (χ3n) is 2.22. The van der Waals surface area contributed by atoms with Crippen molar-refractivity contribution >= 4 is 65.4 Å². The third kappa shape index (κ3) is 3.53. The normalized spacial score (nSPS) is 9.79. The third-order valence-corrected chi connectivity index (χ3v) is 4.76. The van der Waals surface area contributed by atoms with Gasteiger partial charge < -0.3 is 10.4 Å². The van der Waals surface area contributed by atoms with Crippen LogP contribution in [0.1, 0.15) is 5.56 Å². The Morgan fingerprint density at radius 1 is 1.26 bits per heavy atom. The second-order valence-corrected chi connectivity index (χ2v) is 5.56. The molecule has 0 radical (unpaired) electrons. The van der Waals surface area contributed by atoms with Crippen molar-refractivity contribution in [3.63, 3.8) is 0 Å². The van der Waals surface area contributed by atoms with E-state index in [0.717, 1.165) is 13.9 Å². The number of nitrogens with zero attached hydrogens (tertiary/aromatic N) is 3. The summed E-state index contributed by atoms with van der Waals surface area (Å²) in [5.41, 5.74) is 1.44. The number of nitrogens with one attached hydrogen (secondary N) is 2. The van der Waals surface area contributed by atoms with E-state index in [4.69, 9.17) is 5.26 Å². The Hall–Kier alpha value is -0.970. The number of hydrogen-bond acceptors (Lipinski definition) is 5. The van der Waals surface area contributed by atoms with Crippen LogP contribution in [0.2, 0.25) is 0 Å². The lowest BCUT2D eigenvalue weighted by atomic mass is 10.2. The fraction of sp³-hybridized carbons (Fsp3) is 0. The standard InChI is InChI=1S/C11H8BrIN5P/c12-8-9(13)16-11(17-10(8)18-19)15-7-3-1-6(5-14)2-4-7/h1-4H,19H2,(H2,15,16,17,18). The zero-order valence-electron chi connectivity index (χ0n) is 9.48. The quantitative estimate of drug-likeness (QED) is 0.426. The summed E-state index contributed by atoms with van der Waals surface area (Å²) in [6, 6.07) is 9.17. The predicted molar refractivity (Wildman–Crippen MR) is 90.2 cm³/mol. The first kappa shape index (κ1) is 14.4. The molecule has 0 saturated carbocycles. The van der Waals surface area contributed by atoms with Gasteiger partial charge in [-0.1, -0.05) is 0 Å². The molecule has 1 heterocycles. The largest absolute Gasteiger partial charge is 0.353 e. The highest BCUT2D eigenvalue weighted by Gasteiger charge is 2.09. The van der Waals surface area contributed by atoms with E-state index in [1.54, 1.807) is 12.1 Å². The molecule has 0 fully saturated rings. The summed E-state index contributed by atoms with van der Waals surface area (Å²) in [6.07, 6.45) is 0. The van der Waals surface area contributed by atoms with Crippen LogP contribution >= 0.6 is 47.9 Å². The number of nitriles is 1. The molecule has 0 amide bonds. The molecule has 1 aromatic heterocycles. The fourth-order valence-corrected chi connectivity index (χ4v) is 2.52. The molecule has 0 bridgehead atoms. The lowest BCUT2D eigenvalue weighted by molar-refractivity contribution is 1.13. The molecule has 0 aliphatic rings. The van der Waals surface area contributed by atoms with Crippen LogP contribution in [0.4, 0.5) is 17.5 Å². The molecule has 1 aromatic carbocycles. The number of aromatic nitrogens is 2. The molecule has 1 atom stereocenters. The van der Waals surface area contributed by atoms with Crippen molar-refractivity contribution < 1.29 is 0 Å². The van der Waals surface area contributed by atoms with E-state index in [9.17, 15) is 0 Å². The van der Waals surface area contributed by atoms with Gasteiger partial charge in [0.1, 0.15) is 9.52 Å². The molecule has 1 unspecified atom stereocenters. The maximum absolute atomic E-state index is 8.74. The molecule has 0 aliphatic carbocycles. The molecule has 2 rings (SSSR count). The van der Waals surface area contributed by atoms with Crippen molar-refractivity contribution in [1.82, 2.24) is 9.97 Å². The smallest absolute Gasteiger partial charge is 0.230 e. The molecule has 2 N–H and O–H groups in total. The molecule has 0 aliphatic heterocycles. The van der Waals surface area contributed by atoms with Gasteiger partial charge >= 0.3 is 0 Å². The van der Waals surface area contributed by atoms with Crippen LogP contribution in [0.3, 0.4) is 0 Å². The molecular formula is C11H8BrIN5P. The average molecular weight is 448 g/mol. The van der Waals surface area contributed by atoms with Gasteiger partial charge in [0.05, 0.1) is 16.1 Å². The summed E-state index contributed by atoms with van der Waals surface area (Å²) in [7, 11) is 2.40. The van der Waals surface area contributed by atoms with Gasteiger partial charge in [-0.05, 0) is 72.2 Å². The first-order chi connectivity index (χ1) is 9.13. The summed E-state index contributed by atoms with van der Waals surface area (Å²) in [6.45, 7) is 0. The van der Waals surface area contributed by atoms with E-state index in [-0.39, 0.29) is 0 Å². The lowest BCUT2D eigenvalue weighted by Crippen LogP contribution is -2.02. The summed E-state index contributed by atoms with van der Waals surface area (Å²) in [4.78, 5) is 8.64. The average Bonchev–Trinajstić information content (AvgIpc) is 2.43. The molecule has 5 nitrogen and oxygen atoms in total. The minimum Gasteiger partial charge on any atom is -0.353 e. The molecule has 2 aromatic rings. The van der Waals surface area contributed by atoms with E-state index in [1.165, 1.54) is 0 Å². The van der Waals surface area contributed by atoms with Crippen molar-refractivity contribution in [1.29, 1.82) is 5.26 Å². The zero-order valence-corrected chi connectivity index (χ0v) is 14.4. The SMILES string of the molecule is N#Cc1ccc(Nc2nc(I)c(Br)c(NP)n2)cc1. The van der Waals surface area contributed by atoms with Crippen LogP contribution < -0.4 is 10.4 Å². The second kappa shape index (κ2) is 6.46. The monoisotopic (exact) mass is 447 g/mol. The minimum atomic E-state index is 0.488. The summed E-state index contributed by atoms with van der Waals surface area (Å²) in [5.74, 6) is 1.17. The van der Waals surface area contributed by atoms with Crippen molar-refractivity contribution in [2.24, 2.45) is 0 Å². The van der Waals surface area contributed by atoms with Gasteiger partial charge in [-0.25, -0.2) is 4.98 Å². The van der Waals surface area contributed by atoms with Gasteiger partial charge in [0.15, 0.2) is 0 Å². The van der Waals surface area contributed by atoms with Crippen molar-refractivity contribution in [3.8, 4) is 6.07 Å². The van der Waals surface area contributed by atoms with Gasteiger partial charge in [0.2, 0.25) is 5.95 Å². The number of benzene rings is 1. The van der Waals surface area contributed by atoms with E-state index in [0.29, 0.717) is 17.3 Å². The first-order valence-electron chi connectivity index (χ1n) is 5.11. The Labute approximate surface area is 134 Å². The number of hydrogen-bond donors (Lipinski definition) is 2. The topological polar surface area (TPSA) is 73.6 Å². The molecule has 96 valence electrons. The highest BCUT2D eigenvalue weighted by Crippen LogP contribution is 2.28. The maximum atomic E-state index is 8.74. The van der Waals surface area contributed by atoms with Crippen LogP contribution in [0, 0.1) is 15.0 Å².